The van der Waals surface area contributed by atoms with Gasteiger partial charge in [0.25, 0.3) is 0 Å². The lowest BCUT2D eigenvalue weighted by Gasteiger charge is -2.10. The van der Waals surface area contributed by atoms with Crippen molar-refractivity contribution in [2.75, 3.05) is 13.2 Å². The van der Waals surface area contributed by atoms with E-state index in [9.17, 15) is 14.7 Å². The topological polar surface area (TPSA) is 72.8 Å². The van der Waals surface area contributed by atoms with E-state index in [1.54, 1.807) is 0 Å². The first-order chi connectivity index (χ1) is 10.8. The Labute approximate surface area is 137 Å². The van der Waals surface area contributed by atoms with Gasteiger partial charge in [-0.3, -0.25) is 0 Å². The average Bonchev–Trinajstić information content (AvgIpc) is 2.46. The average molecular weight is 322 g/mol. The molecule has 23 heavy (non-hydrogen) atoms. The highest BCUT2D eigenvalue weighted by molar-refractivity contribution is 5.97. The number of hydrogen-bond donors (Lipinski definition) is 1. The van der Waals surface area contributed by atoms with Gasteiger partial charge in [0.05, 0.1) is 18.8 Å². The van der Waals surface area contributed by atoms with Crippen LogP contribution in [0.15, 0.2) is 18.2 Å². The Morgan fingerprint density at radius 3 is 2.00 bits per heavy atom. The second-order valence-corrected chi connectivity index (χ2v) is 6.37. The van der Waals surface area contributed by atoms with E-state index in [4.69, 9.17) is 9.47 Å². The molecule has 0 radical (unpaired) electrons. The number of phenols is 1. The van der Waals surface area contributed by atoms with Crippen molar-refractivity contribution in [2.24, 2.45) is 11.8 Å². The van der Waals surface area contributed by atoms with Gasteiger partial charge in [-0.2, -0.15) is 0 Å². The van der Waals surface area contributed by atoms with Gasteiger partial charge in [-0.1, -0.05) is 27.7 Å². The normalized spacial score (nSPS) is 10.9. The van der Waals surface area contributed by atoms with E-state index in [0.717, 1.165) is 12.8 Å². The highest BCUT2D eigenvalue weighted by atomic mass is 16.5. The summed E-state index contributed by atoms with van der Waals surface area (Å²) in [4.78, 5) is 24.0. The Hall–Kier alpha value is -2.04. The van der Waals surface area contributed by atoms with Crippen LogP contribution >= 0.6 is 0 Å². The standard InChI is InChI=1S/C18H26O5/c1-12(2)7-9-22-17(20)14-5-6-16(19)15(11-14)18(21)23-10-8-13(3)4/h5-6,11-13,19H,7-10H2,1-4H3. The number of rotatable bonds is 8. The molecule has 0 saturated heterocycles. The predicted octanol–water partition coefficient (Wildman–Crippen LogP) is 3.80. The molecule has 0 amide bonds. The Kier molecular flexibility index (Phi) is 7.59. The molecule has 0 unspecified atom stereocenters. The van der Waals surface area contributed by atoms with E-state index in [2.05, 4.69) is 0 Å². The fourth-order valence-electron chi connectivity index (χ4n) is 1.76. The Morgan fingerprint density at radius 2 is 1.48 bits per heavy atom. The number of phenolic OH excluding ortho intramolecular Hbond substituents is 1. The molecule has 1 rings (SSSR count). The van der Waals surface area contributed by atoms with E-state index in [1.165, 1.54) is 18.2 Å². The van der Waals surface area contributed by atoms with Crippen molar-refractivity contribution in [3.63, 3.8) is 0 Å². The summed E-state index contributed by atoms with van der Waals surface area (Å²) in [6.07, 6.45) is 1.51. The van der Waals surface area contributed by atoms with Gasteiger partial charge in [-0.15, -0.1) is 0 Å². The molecule has 5 nitrogen and oxygen atoms in total. The van der Waals surface area contributed by atoms with Gasteiger partial charge in [0.2, 0.25) is 0 Å². The van der Waals surface area contributed by atoms with Crippen LogP contribution in [-0.4, -0.2) is 30.3 Å². The molecular formula is C18H26O5. The van der Waals surface area contributed by atoms with Crippen LogP contribution in [0.25, 0.3) is 0 Å². The third-order valence-electron chi connectivity index (χ3n) is 3.31. The molecule has 0 atom stereocenters. The van der Waals surface area contributed by atoms with E-state index in [0.29, 0.717) is 18.4 Å². The second-order valence-electron chi connectivity index (χ2n) is 6.37. The molecule has 0 aliphatic carbocycles. The summed E-state index contributed by atoms with van der Waals surface area (Å²) in [5, 5.41) is 9.79. The van der Waals surface area contributed by atoms with Gasteiger partial charge < -0.3 is 14.6 Å². The Balaban J connectivity index is 2.70. The first-order valence-corrected chi connectivity index (χ1v) is 7.98. The first kappa shape index (κ1) is 19.0. The molecule has 0 spiro atoms. The monoisotopic (exact) mass is 322 g/mol. The largest absolute Gasteiger partial charge is 0.507 e. The third-order valence-corrected chi connectivity index (χ3v) is 3.31. The van der Waals surface area contributed by atoms with Crippen molar-refractivity contribution < 1.29 is 24.2 Å². The van der Waals surface area contributed by atoms with Crippen LogP contribution in [0.5, 0.6) is 5.75 Å². The molecule has 1 N–H and O–H groups in total. The minimum absolute atomic E-state index is 0.0212. The molecule has 0 saturated carbocycles. The molecule has 1 aromatic rings. The van der Waals surface area contributed by atoms with Crippen molar-refractivity contribution in [1.82, 2.24) is 0 Å². The number of esters is 2. The zero-order chi connectivity index (χ0) is 17.4. The molecule has 0 aromatic heterocycles. The zero-order valence-corrected chi connectivity index (χ0v) is 14.3. The molecule has 0 heterocycles. The lowest BCUT2D eigenvalue weighted by Crippen LogP contribution is -2.11. The molecule has 5 heteroatoms. The molecule has 0 aliphatic heterocycles. The van der Waals surface area contributed by atoms with Crippen LogP contribution < -0.4 is 0 Å². The van der Waals surface area contributed by atoms with Crippen molar-refractivity contribution >= 4 is 11.9 Å². The molecule has 0 fully saturated rings. The summed E-state index contributed by atoms with van der Waals surface area (Å²) in [6, 6.07) is 4.04. The summed E-state index contributed by atoms with van der Waals surface area (Å²) in [5.41, 5.74) is 0.203. The van der Waals surface area contributed by atoms with Crippen LogP contribution in [0.3, 0.4) is 0 Å². The number of aromatic hydroxyl groups is 1. The van der Waals surface area contributed by atoms with E-state index < -0.39 is 11.9 Å². The van der Waals surface area contributed by atoms with Crippen molar-refractivity contribution in [2.45, 2.75) is 40.5 Å². The van der Waals surface area contributed by atoms with Crippen molar-refractivity contribution in [3.8, 4) is 5.75 Å². The number of ether oxygens (including phenoxy) is 2. The summed E-state index contributed by atoms with van der Waals surface area (Å²) in [7, 11) is 0. The maximum Gasteiger partial charge on any atom is 0.341 e. The summed E-state index contributed by atoms with van der Waals surface area (Å²) in [5.74, 6) is -0.507. The van der Waals surface area contributed by atoms with Gasteiger partial charge in [-0.05, 0) is 42.9 Å². The third kappa shape index (κ3) is 6.72. The first-order valence-electron chi connectivity index (χ1n) is 7.98. The molecule has 1 aromatic carbocycles. The zero-order valence-electron chi connectivity index (χ0n) is 14.3. The second kappa shape index (κ2) is 9.18. The minimum atomic E-state index is -0.639. The molecule has 128 valence electrons. The van der Waals surface area contributed by atoms with Crippen molar-refractivity contribution in [3.05, 3.63) is 29.3 Å². The van der Waals surface area contributed by atoms with Gasteiger partial charge in [0, 0.05) is 0 Å². The summed E-state index contributed by atoms with van der Waals surface area (Å²) in [6.45, 7) is 8.74. The van der Waals surface area contributed by atoms with Gasteiger partial charge in [0.15, 0.2) is 0 Å². The molecule has 0 bridgehead atoms. The lowest BCUT2D eigenvalue weighted by molar-refractivity contribution is 0.0484. The maximum atomic E-state index is 12.0. The fourth-order valence-corrected chi connectivity index (χ4v) is 1.76. The molecule has 0 aliphatic rings. The van der Waals surface area contributed by atoms with Crippen LogP contribution in [0.1, 0.15) is 61.3 Å². The quantitative estimate of drug-likeness (QED) is 0.737. The highest BCUT2D eigenvalue weighted by Crippen LogP contribution is 2.20. The maximum absolute atomic E-state index is 12.0. The summed E-state index contributed by atoms with van der Waals surface area (Å²) >= 11 is 0. The summed E-state index contributed by atoms with van der Waals surface area (Å²) < 4.78 is 10.3. The minimum Gasteiger partial charge on any atom is -0.507 e. The van der Waals surface area contributed by atoms with E-state index in [-0.39, 0.29) is 23.5 Å². The van der Waals surface area contributed by atoms with Crippen LogP contribution in [0.4, 0.5) is 0 Å². The van der Waals surface area contributed by atoms with Crippen LogP contribution in [-0.2, 0) is 9.47 Å². The van der Waals surface area contributed by atoms with E-state index >= 15 is 0 Å². The van der Waals surface area contributed by atoms with Gasteiger partial charge >= 0.3 is 11.9 Å². The smallest absolute Gasteiger partial charge is 0.341 e. The Bertz CT molecular complexity index is 534. The van der Waals surface area contributed by atoms with Crippen LogP contribution in [0.2, 0.25) is 0 Å². The predicted molar refractivity (Wildman–Crippen MR) is 87.6 cm³/mol. The Morgan fingerprint density at radius 1 is 0.957 bits per heavy atom. The SMILES string of the molecule is CC(C)CCOC(=O)c1ccc(O)c(C(=O)OCCC(C)C)c1. The highest BCUT2D eigenvalue weighted by Gasteiger charge is 2.17. The van der Waals surface area contributed by atoms with Crippen molar-refractivity contribution in [1.29, 1.82) is 0 Å². The number of carbonyl (C=O) groups is 2. The molecular weight excluding hydrogens is 296 g/mol. The number of carbonyl (C=O) groups excluding carboxylic acids is 2. The number of hydrogen-bond acceptors (Lipinski definition) is 5. The van der Waals surface area contributed by atoms with E-state index in [1.807, 2.05) is 27.7 Å². The fraction of sp³-hybridized carbons (Fsp3) is 0.556. The van der Waals surface area contributed by atoms with Crippen LogP contribution in [0, 0.1) is 11.8 Å². The van der Waals surface area contributed by atoms with Gasteiger partial charge in [0.1, 0.15) is 11.3 Å². The number of benzene rings is 1. The van der Waals surface area contributed by atoms with Gasteiger partial charge in [-0.25, -0.2) is 9.59 Å². The lowest BCUT2D eigenvalue weighted by atomic mass is 10.1.